The number of rotatable bonds is 5. The molecular weight excluding hydrogens is 352 g/mol. The molecule has 0 saturated heterocycles. The molecule has 136 valence electrons. The zero-order chi connectivity index (χ0) is 18.8. The van der Waals surface area contributed by atoms with E-state index in [1.165, 1.54) is 31.2 Å². The van der Waals surface area contributed by atoms with Crippen molar-refractivity contribution in [2.75, 3.05) is 19.5 Å². The lowest BCUT2D eigenvalue weighted by molar-refractivity contribution is 0.373. The number of aromatic amines is 1. The number of anilines is 2. The highest BCUT2D eigenvalue weighted by molar-refractivity contribution is 5.76. The molecule has 0 aliphatic heterocycles. The number of para-hydroxylation sites is 2. The van der Waals surface area contributed by atoms with Crippen LogP contribution in [0.1, 0.15) is 0 Å². The summed E-state index contributed by atoms with van der Waals surface area (Å²) in [5.41, 5.74) is 0.977. The second-order valence-corrected chi connectivity index (χ2v) is 5.29. The van der Waals surface area contributed by atoms with Gasteiger partial charge in [-0.3, -0.25) is 5.32 Å². The molecule has 3 aromatic heterocycles. The Kier molecular flexibility index (Phi) is 4.09. The van der Waals surface area contributed by atoms with E-state index in [4.69, 9.17) is 9.47 Å². The van der Waals surface area contributed by atoms with Gasteiger partial charge in [0.1, 0.15) is 6.33 Å². The predicted molar refractivity (Wildman–Crippen MR) is 95.7 cm³/mol. The Morgan fingerprint density at radius 1 is 1.00 bits per heavy atom. The lowest BCUT2D eigenvalue weighted by Crippen LogP contribution is -2.18. The van der Waals surface area contributed by atoms with Crippen LogP contribution in [0.4, 0.5) is 11.9 Å². The van der Waals surface area contributed by atoms with E-state index in [1.54, 1.807) is 12.1 Å². The van der Waals surface area contributed by atoms with Crippen molar-refractivity contribution in [3.05, 3.63) is 47.1 Å². The van der Waals surface area contributed by atoms with Crippen LogP contribution in [0.2, 0.25) is 0 Å². The SMILES string of the molecule is COc1cc(OC)nc(Nc2ncnc(-n3c(=O)[nH]c4ccccc43)n2)n1. The maximum absolute atomic E-state index is 12.3. The molecule has 1 aromatic carbocycles. The van der Waals surface area contributed by atoms with Crippen molar-refractivity contribution < 1.29 is 9.47 Å². The van der Waals surface area contributed by atoms with Gasteiger partial charge < -0.3 is 14.5 Å². The molecule has 11 nitrogen and oxygen atoms in total. The Bertz CT molecular complexity index is 1150. The number of ether oxygens (including phenoxy) is 2. The molecule has 0 radical (unpaired) electrons. The fourth-order valence-corrected chi connectivity index (χ4v) is 2.48. The third kappa shape index (κ3) is 3.13. The van der Waals surface area contributed by atoms with E-state index in [-0.39, 0.29) is 23.5 Å². The van der Waals surface area contributed by atoms with Crippen molar-refractivity contribution in [1.29, 1.82) is 0 Å². The van der Waals surface area contributed by atoms with Crippen LogP contribution in [-0.4, -0.2) is 48.7 Å². The van der Waals surface area contributed by atoms with Gasteiger partial charge in [-0.2, -0.15) is 15.0 Å². The van der Waals surface area contributed by atoms with E-state index >= 15 is 0 Å². The van der Waals surface area contributed by atoms with Gasteiger partial charge in [-0.05, 0) is 12.1 Å². The summed E-state index contributed by atoms with van der Waals surface area (Å²) in [7, 11) is 2.96. The van der Waals surface area contributed by atoms with Crippen molar-refractivity contribution in [1.82, 2.24) is 34.5 Å². The summed E-state index contributed by atoms with van der Waals surface area (Å²) in [4.78, 5) is 35.8. The molecule has 11 heteroatoms. The van der Waals surface area contributed by atoms with Crippen LogP contribution in [0, 0.1) is 0 Å². The number of hydrogen-bond donors (Lipinski definition) is 2. The number of H-pyrrole nitrogens is 1. The number of hydrogen-bond acceptors (Lipinski definition) is 9. The highest BCUT2D eigenvalue weighted by atomic mass is 16.5. The third-order valence-corrected chi connectivity index (χ3v) is 3.67. The first-order valence-corrected chi connectivity index (χ1v) is 7.81. The van der Waals surface area contributed by atoms with Crippen molar-refractivity contribution in [3.63, 3.8) is 0 Å². The smallest absolute Gasteiger partial charge is 0.333 e. The second kappa shape index (κ2) is 6.71. The molecule has 0 aliphatic carbocycles. The molecule has 0 spiro atoms. The summed E-state index contributed by atoms with van der Waals surface area (Å²) in [5, 5.41) is 2.85. The lowest BCUT2D eigenvalue weighted by Gasteiger charge is -2.08. The quantitative estimate of drug-likeness (QED) is 0.532. The lowest BCUT2D eigenvalue weighted by atomic mass is 10.3. The molecule has 4 aromatic rings. The van der Waals surface area contributed by atoms with Gasteiger partial charge in [-0.25, -0.2) is 19.3 Å². The van der Waals surface area contributed by atoms with E-state index in [0.717, 1.165) is 0 Å². The molecule has 0 saturated carbocycles. The normalized spacial score (nSPS) is 10.7. The first-order chi connectivity index (χ1) is 13.2. The van der Waals surface area contributed by atoms with Crippen LogP contribution in [0.25, 0.3) is 17.0 Å². The van der Waals surface area contributed by atoms with Gasteiger partial charge in [0.2, 0.25) is 29.6 Å². The van der Waals surface area contributed by atoms with Crippen molar-refractivity contribution in [2.45, 2.75) is 0 Å². The summed E-state index contributed by atoms with van der Waals surface area (Å²) >= 11 is 0. The largest absolute Gasteiger partial charge is 0.481 e. The molecule has 0 atom stereocenters. The fourth-order valence-electron chi connectivity index (χ4n) is 2.48. The fraction of sp³-hybridized carbons (Fsp3) is 0.125. The number of nitrogens with zero attached hydrogens (tertiary/aromatic N) is 6. The minimum atomic E-state index is -0.354. The molecule has 4 rings (SSSR count). The highest BCUT2D eigenvalue weighted by Gasteiger charge is 2.13. The minimum absolute atomic E-state index is 0.157. The Hall–Kier alpha value is -4.02. The number of methoxy groups -OCH3 is 2. The molecular formula is C16H14N8O3. The zero-order valence-corrected chi connectivity index (χ0v) is 14.4. The number of aromatic nitrogens is 7. The van der Waals surface area contributed by atoms with E-state index in [2.05, 4.69) is 35.2 Å². The summed E-state index contributed by atoms with van der Waals surface area (Å²) in [5.74, 6) is 1.12. The number of benzene rings is 1. The number of nitrogens with one attached hydrogen (secondary N) is 2. The minimum Gasteiger partial charge on any atom is -0.481 e. The van der Waals surface area contributed by atoms with Gasteiger partial charge >= 0.3 is 5.69 Å². The monoisotopic (exact) mass is 366 g/mol. The highest BCUT2D eigenvalue weighted by Crippen LogP contribution is 2.19. The molecule has 0 amide bonds. The van der Waals surface area contributed by atoms with Crippen molar-refractivity contribution in [2.24, 2.45) is 0 Å². The van der Waals surface area contributed by atoms with Gasteiger partial charge in [-0.15, -0.1) is 0 Å². The molecule has 0 bridgehead atoms. The Labute approximate surface area is 152 Å². The molecule has 0 unspecified atom stereocenters. The molecule has 2 N–H and O–H groups in total. The van der Waals surface area contributed by atoms with Gasteiger partial charge in [-0.1, -0.05) is 12.1 Å². The first kappa shape index (κ1) is 16.4. The van der Waals surface area contributed by atoms with Crippen LogP contribution < -0.4 is 20.5 Å². The molecule has 27 heavy (non-hydrogen) atoms. The van der Waals surface area contributed by atoms with Gasteiger partial charge in [0.05, 0.1) is 31.3 Å². The Morgan fingerprint density at radius 2 is 1.74 bits per heavy atom. The number of imidazole rings is 1. The number of fused-ring (bicyclic) bond motifs is 1. The maximum atomic E-state index is 12.3. The first-order valence-electron chi connectivity index (χ1n) is 7.81. The van der Waals surface area contributed by atoms with Crippen LogP contribution in [0.15, 0.2) is 41.5 Å². The topological polar surface area (TPSA) is 133 Å². The maximum Gasteiger partial charge on any atom is 0.333 e. The average molecular weight is 366 g/mol. The molecule has 0 aliphatic rings. The zero-order valence-electron chi connectivity index (χ0n) is 14.4. The van der Waals surface area contributed by atoms with E-state index in [0.29, 0.717) is 22.8 Å². The van der Waals surface area contributed by atoms with Crippen LogP contribution >= 0.6 is 0 Å². The average Bonchev–Trinajstić information content (AvgIpc) is 3.03. The molecule has 3 heterocycles. The molecule has 0 fully saturated rings. The third-order valence-electron chi connectivity index (χ3n) is 3.67. The van der Waals surface area contributed by atoms with E-state index < -0.39 is 0 Å². The summed E-state index contributed by atoms with van der Waals surface area (Å²) in [6.45, 7) is 0. The van der Waals surface area contributed by atoms with Gasteiger partial charge in [0.15, 0.2) is 0 Å². The van der Waals surface area contributed by atoms with Crippen molar-refractivity contribution in [3.8, 4) is 17.7 Å². The standard InChI is InChI=1S/C16H14N8O3/c1-26-11-7-12(27-2)21-14(20-11)22-13-17-8-18-15(23-13)24-10-6-4-3-5-9(10)19-16(24)25/h3-8H,1-2H3,(H,19,25)(H,17,18,20,21,22,23). The van der Waals surface area contributed by atoms with Crippen LogP contribution in [0.3, 0.4) is 0 Å². The Balaban J connectivity index is 1.73. The Morgan fingerprint density at radius 3 is 2.48 bits per heavy atom. The van der Waals surface area contributed by atoms with Crippen molar-refractivity contribution >= 4 is 22.9 Å². The summed E-state index contributed by atoms with van der Waals surface area (Å²) in [6, 6.07) is 8.78. The van der Waals surface area contributed by atoms with Crippen LogP contribution in [0.5, 0.6) is 11.8 Å². The predicted octanol–water partition coefficient (Wildman–Crippen LogP) is 1.05. The van der Waals surface area contributed by atoms with Gasteiger partial charge in [0, 0.05) is 0 Å². The van der Waals surface area contributed by atoms with E-state index in [9.17, 15) is 4.79 Å². The van der Waals surface area contributed by atoms with Gasteiger partial charge in [0.25, 0.3) is 0 Å². The summed E-state index contributed by atoms with van der Waals surface area (Å²) < 4.78 is 11.6. The summed E-state index contributed by atoms with van der Waals surface area (Å²) in [6.07, 6.45) is 1.29. The second-order valence-electron chi connectivity index (χ2n) is 5.29. The van der Waals surface area contributed by atoms with Crippen LogP contribution in [-0.2, 0) is 0 Å². The van der Waals surface area contributed by atoms with E-state index in [1.807, 2.05) is 12.1 Å².